The van der Waals surface area contributed by atoms with Gasteiger partial charge in [0.2, 0.25) is 0 Å². The second-order valence-corrected chi connectivity index (χ2v) is 7.71. The van der Waals surface area contributed by atoms with E-state index in [0.717, 1.165) is 0 Å². The molecule has 2 rings (SSSR count). The van der Waals surface area contributed by atoms with E-state index in [0.29, 0.717) is 22.9 Å². The van der Waals surface area contributed by atoms with E-state index in [1.54, 1.807) is 25.3 Å². The molecule has 1 aliphatic rings. The Morgan fingerprint density at radius 3 is 2.56 bits per heavy atom. The number of nitrogens with one attached hydrogen (secondary N) is 1. The van der Waals surface area contributed by atoms with Gasteiger partial charge in [-0.05, 0) is 17.5 Å². The Labute approximate surface area is 108 Å². The smallest absolute Gasteiger partial charge is 0.185 e. The largest absolute Gasteiger partial charge is 0.495 e. The number of rotatable bonds is 1. The van der Waals surface area contributed by atoms with E-state index in [-0.39, 0.29) is 5.41 Å². The zero-order chi connectivity index (χ0) is 13.6. The number of sulfone groups is 1. The fraction of sp³-hybridized carbons (Fsp3) is 0.538. The summed E-state index contributed by atoms with van der Waals surface area (Å²) >= 11 is 0. The number of anilines is 1. The molecule has 5 heteroatoms. The van der Waals surface area contributed by atoms with E-state index in [4.69, 9.17) is 4.74 Å². The minimum atomic E-state index is -3.32. The Morgan fingerprint density at radius 1 is 1.33 bits per heavy atom. The molecule has 0 saturated heterocycles. The summed E-state index contributed by atoms with van der Waals surface area (Å²) in [4.78, 5) is 0.341. The molecule has 0 fully saturated rings. The van der Waals surface area contributed by atoms with Crippen LogP contribution in [0.5, 0.6) is 5.75 Å². The highest BCUT2D eigenvalue weighted by Crippen LogP contribution is 2.41. The van der Waals surface area contributed by atoms with Crippen LogP contribution in [0.25, 0.3) is 0 Å². The minimum Gasteiger partial charge on any atom is -0.495 e. The standard InChI is InChI=1S/C13H19NO3S/c1-13(2,3)11-8-14-12-9(17-4)6-5-7-10(12)18(11,15)16/h5-7,11,14H,8H2,1-4H3. The molecule has 100 valence electrons. The van der Waals surface area contributed by atoms with Crippen LogP contribution in [0.15, 0.2) is 23.1 Å². The summed E-state index contributed by atoms with van der Waals surface area (Å²) in [5.41, 5.74) is 0.285. The highest BCUT2D eigenvalue weighted by atomic mass is 32.2. The number of hydrogen-bond donors (Lipinski definition) is 1. The molecule has 1 unspecified atom stereocenters. The first kappa shape index (κ1) is 13.2. The number of benzene rings is 1. The van der Waals surface area contributed by atoms with Crippen molar-refractivity contribution in [2.24, 2.45) is 5.41 Å². The van der Waals surface area contributed by atoms with Gasteiger partial charge in [-0.15, -0.1) is 0 Å². The van der Waals surface area contributed by atoms with Gasteiger partial charge in [0, 0.05) is 6.54 Å². The normalized spacial score (nSPS) is 21.9. The van der Waals surface area contributed by atoms with Crippen molar-refractivity contribution in [2.75, 3.05) is 19.0 Å². The number of methoxy groups -OCH3 is 1. The zero-order valence-corrected chi connectivity index (χ0v) is 12.0. The molecule has 0 radical (unpaired) electrons. The molecule has 1 N–H and O–H groups in total. The molecular formula is C13H19NO3S. The lowest BCUT2D eigenvalue weighted by molar-refractivity contribution is 0.379. The predicted molar refractivity (Wildman–Crippen MR) is 71.9 cm³/mol. The van der Waals surface area contributed by atoms with Crippen LogP contribution >= 0.6 is 0 Å². The molecule has 1 aromatic carbocycles. The second kappa shape index (κ2) is 4.16. The van der Waals surface area contributed by atoms with Gasteiger partial charge in [0.1, 0.15) is 5.75 Å². The second-order valence-electron chi connectivity index (χ2n) is 5.61. The van der Waals surface area contributed by atoms with E-state index in [1.165, 1.54) is 0 Å². The van der Waals surface area contributed by atoms with Gasteiger partial charge >= 0.3 is 0 Å². The van der Waals surface area contributed by atoms with Crippen LogP contribution in [0.2, 0.25) is 0 Å². The number of para-hydroxylation sites is 1. The topological polar surface area (TPSA) is 55.4 Å². The Hall–Kier alpha value is -1.23. The first-order chi connectivity index (χ1) is 8.28. The third-order valence-corrected chi connectivity index (χ3v) is 5.90. The summed E-state index contributed by atoms with van der Waals surface area (Å²) in [6.45, 7) is 6.26. The maximum absolute atomic E-state index is 12.6. The quantitative estimate of drug-likeness (QED) is 0.850. The molecule has 0 aromatic heterocycles. The highest BCUT2D eigenvalue weighted by Gasteiger charge is 2.41. The molecule has 0 bridgehead atoms. The first-order valence-corrected chi connectivity index (χ1v) is 7.48. The Balaban J connectivity index is 2.60. The van der Waals surface area contributed by atoms with Crippen LogP contribution in [0.3, 0.4) is 0 Å². The van der Waals surface area contributed by atoms with Crippen LogP contribution in [-0.2, 0) is 9.84 Å². The summed E-state index contributed by atoms with van der Waals surface area (Å²) in [6, 6.07) is 5.11. The van der Waals surface area contributed by atoms with E-state index >= 15 is 0 Å². The van der Waals surface area contributed by atoms with Gasteiger partial charge in [-0.1, -0.05) is 26.8 Å². The predicted octanol–water partition coefficient (Wildman–Crippen LogP) is 2.31. The molecule has 0 saturated carbocycles. The number of ether oxygens (including phenoxy) is 1. The van der Waals surface area contributed by atoms with Crippen LogP contribution in [-0.4, -0.2) is 27.3 Å². The van der Waals surface area contributed by atoms with Crippen LogP contribution in [0.4, 0.5) is 5.69 Å². The van der Waals surface area contributed by atoms with E-state index in [9.17, 15) is 8.42 Å². The number of hydrogen-bond acceptors (Lipinski definition) is 4. The molecule has 0 spiro atoms. The summed E-state index contributed by atoms with van der Waals surface area (Å²) in [7, 11) is -1.77. The summed E-state index contributed by atoms with van der Waals surface area (Å²) in [5.74, 6) is 0.573. The highest BCUT2D eigenvalue weighted by molar-refractivity contribution is 7.92. The lowest BCUT2D eigenvalue weighted by atomic mass is 9.91. The lowest BCUT2D eigenvalue weighted by Gasteiger charge is -2.35. The lowest BCUT2D eigenvalue weighted by Crippen LogP contribution is -2.43. The van der Waals surface area contributed by atoms with Gasteiger partial charge in [0.25, 0.3) is 0 Å². The van der Waals surface area contributed by atoms with Crippen molar-refractivity contribution in [3.05, 3.63) is 18.2 Å². The molecule has 18 heavy (non-hydrogen) atoms. The molecule has 1 heterocycles. The molecule has 1 atom stereocenters. The fourth-order valence-electron chi connectivity index (χ4n) is 2.32. The Kier molecular flexibility index (Phi) is 3.05. The SMILES string of the molecule is COc1cccc2c1NCC(C(C)(C)C)S2(=O)=O. The average molecular weight is 269 g/mol. The monoisotopic (exact) mass is 269 g/mol. The van der Waals surface area contributed by atoms with Crippen molar-refractivity contribution in [2.45, 2.75) is 30.9 Å². The number of fused-ring (bicyclic) bond motifs is 1. The van der Waals surface area contributed by atoms with Gasteiger partial charge in [-0.2, -0.15) is 0 Å². The van der Waals surface area contributed by atoms with Gasteiger partial charge in [0.15, 0.2) is 9.84 Å². The van der Waals surface area contributed by atoms with Gasteiger partial charge in [-0.3, -0.25) is 0 Å². The van der Waals surface area contributed by atoms with Crippen LogP contribution < -0.4 is 10.1 Å². The van der Waals surface area contributed by atoms with Gasteiger partial charge in [-0.25, -0.2) is 8.42 Å². The summed E-state index contributed by atoms with van der Waals surface area (Å²) < 4.78 is 30.4. The Bertz CT molecular complexity index is 558. The van der Waals surface area contributed by atoms with Gasteiger partial charge < -0.3 is 10.1 Å². The fourth-order valence-corrected chi connectivity index (χ4v) is 4.59. The maximum atomic E-state index is 12.6. The van der Waals surface area contributed by atoms with Crippen molar-refractivity contribution in [3.63, 3.8) is 0 Å². The van der Waals surface area contributed by atoms with Crippen molar-refractivity contribution in [1.82, 2.24) is 0 Å². The van der Waals surface area contributed by atoms with Crippen molar-refractivity contribution in [1.29, 1.82) is 0 Å². The molecule has 0 amide bonds. The van der Waals surface area contributed by atoms with Crippen molar-refractivity contribution < 1.29 is 13.2 Å². The average Bonchev–Trinajstić information content (AvgIpc) is 2.26. The van der Waals surface area contributed by atoms with Gasteiger partial charge in [0.05, 0.1) is 22.9 Å². The molecule has 0 aliphatic carbocycles. The molecular weight excluding hydrogens is 250 g/mol. The van der Waals surface area contributed by atoms with E-state index in [2.05, 4.69) is 5.32 Å². The Morgan fingerprint density at radius 2 is 2.00 bits per heavy atom. The third kappa shape index (κ3) is 1.96. The van der Waals surface area contributed by atoms with E-state index in [1.807, 2.05) is 20.8 Å². The van der Waals surface area contributed by atoms with Crippen LogP contribution in [0.1, 0.15) is 20.8 Å². The zero-order valence-electron chi connectivity index (χ0n) is 11.1. The summed E-state index contributed by atoms with van der Waals surface area (Å²) in [5, 5.41) is 2.76. The third-order valence-electron chi connectivity index (χ3n) is 3.32. The maximum Gasteiger partial charge on any atom is 0.185 e. The minimum absolute atomic E-state index is 0.299. The molecule has 1 aliphatic heterocycles. The van der Waals surface area contributed by atoms with Crippen molar-refractivity contribution >= 4 is 15.5 Å². The molecule has 4 nitrogen and oxygen atoms in total. The van der Waals surface area contributed by atoms with Crippen LogP contribution in [0, 0.1) is 5.41 Å². The van der Waals surface area contributed by atoms with Crippen molar-refractivity contribution in [3.8, 4) is 5.75 Å². The first-order valence-electron chi connectivity index (χ1n) is 5.93. The molecule has 1 aromatic rings. The van der Waals surface area contributed by atoms with E-state index < -0.39 is 15.1 Å². The summed E-state index contributed by atoms with van der Waals surface area (Å²) in [6.07, 6.45) is 0.